The highest BCUT2D eigenvalue weighted by molar-refractivity contribution is 5.92. The zero-order chi connectivity index (χ0) is 18.9. The van der Waals surface area contributed by atoms with Gasteiger partial charge in [-0.1, -0.05) is 18.2 Å². The van der Waals surface area contributed by atoms with Crippen LogP contribution in [0.3, 0.4) is 0 Å². The predicted octanol–water partition coefficient (Wildman–Crippen LogP) is 1.87. The third-order valence-electron chi connectivity index (χ3n) is 4.81. The molecule has 2 heterocycles. The first-order valence-electron chi connectivity index (χ1n) is 8.51. The van der Waals surface area contributed by atoms with Crippen LogP contribution in [0.15, 0.2) is 41.2 Å². The predicted molar refractivity (Wildman–Crippen MR) is 95.5 cm³/mol. The van der Waals surface area contributed by atoms with Crippen molar-refractivity contribution < 1.29 is 14.7 Å². The van der Waals surface area contributed by atoms with E-state index in [1.807, 2.05) is 30.3 Å². The minimum atomic E-state index is -1.00. The van der Waals surface area contributed by atoms with Gasteiger partial charge in [0.15, 0.2) is 5.69 Å². The number of aromatic nitrogens is 2. The van der Waals surface area contributed by atoms with Gasteiger partial charge in [0.25, 0.3) is 5.91 Å². The lowest BCUT2D eigenvalue weighted by molar-refractivity contribution is -0.150. The third kappa shape index (κ3) is 3.24. The molecule has 1 aromatic carbocycles. The van der Waals surface area contributed by atoms with Crippen molar-refractivity contribution in [2.75, 3.05) is 13.1 Å². The van der Waals surface area contributed by atoms with E-state index in [1.165, 1.54) is 11.0 Å². The number of piperidine rings is 1. The van der Waals surface area contributed by atoms with Crippen LogP contribution >= 0.6 is 0 Å². The normalized spacial score (nSPS) is 20.0. The van der Waals surface area contributed by atoms with E-state index < -0.39 is 22.7 Å². The Hall–Kier alpha value is -2.96. The van der Waals surface area contributed by atoms with Gasteiger partial charge in [-0.2, -0.15) is 5.10 Å². The Morgan fingerprint density at radius 3 is 2.58 bits per heavy atom. The molecule has 1 N–H and O–H groups in total. The van der Waals surface area contributed by atoms with Gasteiger partial charge >= 0.3 is 5.97 Å². The molecule has 1 saturated heterocycles. The fourth-order valence-corrected chi connectivity index (χ4v) is 3.26. The van der Waals surface area contributed by atoms with E-state index in [4.69, 9.17) is 0 Å². The summed E-state index contributed by atoms with van der Waals surface area (Å²) in [6, 6.07) is 10.6. The maximum atomic E-state index is 12.9. The van der Waals surface area contributed by atoms with Gasteiger partial charge in [-0.3, -0.25) is 14.4 Å². The Morgan fingerprint density at radius 2 is 1.92 bits per heavy atom. The summed E-state index contributed by atoms with van der Waals surface area (Å²) in [6.45, 7) is 3.86. The van der Waals surface area contributed by atoms with Crippen molar-refractivity contribution in [3.8, 4) is 5.69 Å². The van der Waals surface area contributed by atoms with Crippen LogP contribution in [0, 0.1) is 12.3 Å². The van der Waals surface area contributed by atoms with Gasteiger partial charge in [0.1, 0.15) is 0 Å². The molecule has 136 valence electrons. The molecule has 0 radical (unpaired) electrons. The molecule has 2 aromatic rings. The minimum Gasteiger partial charge on any atom is -0.481 e. The van der Waals surface area contributed by atoms with E-state index in [2.05, 4.69) is 5.10 Å². The first kappa shape index (κ1) is 17.8. The van der Waals surface area contributed by atoms with Gasteiger partial charge < -0.3 is 10.0 Å². The smallest absolute Gasteiger partial charge is 0.311 e. The lowest BCUT2D eigenvalue weighted by Crippen LogP contribution is -2.49. The molecule has 1 amide bonds. The molecule has 0 spiro atoms. The molecule has 7 nitrogen and oxygen atoms in total. The lowest BCUT2D eigenvalue weighted by atomic mass is 9.82. The van der Waals surface area contributed by atoms with E-state index in [1.54, 1.807) is 18.5 Å². The first-order chi connectivity index (χ1) is 12.3. The maximum Gasteiger partial charge on any atom is 0.311 e. The number of para-hydroxylation sites is 1. The fourth-order valence-electron chi connectivity index (χ4n) is 3.26. The summed E-state index contributed by atoms with van der Waals surface area (Å²) in [4.78, 5) is 38.2. The van der Waals surface area contributed by atoms with E-state index in [9.17, 15) is 19.5 Å². The second-order valence-corrected chi connectivity index (χ2v) is 6.94. The summed E-state index contributed by atoms with van der Waals surface area (Å²) < 4.78 is 1.55. The largest absolute Gasteiger partial charge is 0.481 e. The summed E-state index contributed by atoms with van der Waals surface area (Å²) in [5, 5.41) is 13.7. The van der Waals surface area contributed by atoms with Crippen LogP contribution in [0.25, 0.3) is 5.69 Å². The SMILES string of the molecule is Cc1cc(=O)c(C(=O)N2CCCC(C)(C(=O)O)C2)nn1-c1ccccc1. The van der Waals surface area contributed by atoms with Gasteiger partial charge in [0.2, 0.25) is 5.43 Å². The van der Waals surface area contributed by atoms with E-state index in [0.717, 1.165) is 5.69 Å². The number of hydrogen-bond donors (Lipinski definition) is 1. The molecule has 1 unspecified atom stereocenters. The number of aliphatic carboxylic acids is 1. The molecule has 1 fully saturated rings. The minimum absolute atomic E-state index is 0.0709. The molecule has 1 atom stereocenters. The Kier molecular flexibility index (Phi) is 4.63. The third-order valence-corrected chi connectivity index (χ3v) is 4.81. The molecular formula is C19H21N3O4. The van der Waals surface area contributed by atoms with Crippen molar-refractivity contribution in [1.29, 1.82) is 0 Å². The van der Waals surface area contributed by atoms with Crippen molar-refractivity contribution >= 4 is 11.9 Å². The standard InChI is InChI=1S/C19H21N3O4/c1-13-11-15(23)16(20-22(13)14-7-4-3-5-8-14)17(24)21-10-6-9-19(2,12-21)18(25)26/h3-5,7-8,11H,6,9-10,12H2,1-2H3,(H,25,26). The number of carboxylic acids is 1. The summed E-state index contributed by atoms with van der Waals surface area (Å²) in [7, 11) is 0. The van der Waals surface area contributed by atoms with Crippen LogP contribution in [-0.2, 0) is 4.79 Å². The molecule has 7 heteroatoms. The van der Waals surface area contributed by atoms with Crippen LogP contribution in [0.2, 0.25) is 0 Å². The summed E-state index contributed by atoms with van der Waals surface area (Å²) in [6.07, 6.45) is 1.08. The van der Waals surface area contributed by atoms with Crippen LogP contribution in [0.5, 0.6) is 0 Å². The highest BCUT2D eigenvalue weighted by Crippen LogP contribution is 2.30. The number of hydrogen-bond acceptors (Lipinski definition) is 4. The first-order valence-corrected chi connectivity index (χ1v) is 8.51. The Morgan fingerprint density at radius 1 is 1.23 bits per heavy atom. The maximum absolute atomic E-state index is 12.9. The van der Waals surface area contributed by atoms with Crippen LogP contribution in [0.4, 0.5) is 0 Å². The topological polar surface area (TPSA) is 92.5 Å². The number of carbonyl (C=O) groups excluding carboxylic acids is 1. The fraction of sp³-hybridized carbons (Fsp3) is 0.368. The van der Waals surface area contributed by atoms with Gasteiger partial charge in [-0.05, 0) is 38.8 Å². The quantitative estimate of drug-likeness (QED) is 0.907. The number of amides is 1. The van der Waals surface area contributed by atoms with Crippen molar-refractivity contribution in [2.45, 2.75) is 26.7 Å². The Labute approximate surface area is 150 Å². The van der Waals surface area contributed by atoms with Crippen molar-refractivity contribution in [1.82, 2.24) is 14.7 Å². The average Bonchev–Trinajstić information content (AvgIpc) is 2.62. The highest BCUT2D eigenvalue weighted by atomic mass is 16.4. The molecule has 0 saturated carbocycles. The summed E-state index contributed by atoms with van der Waals surface area (Å²) in [5.74, 6) is -1.46. The molecule has 1 aromatic heterocycles. The Balaban J connectivity index is 1.97. The molecular weight excluding hydrogens is 334 g/mol. The second kappa shape index (κ2) is 6.74. The van der Waals surface area contributed by atoms with E-state index in [-0.39, 0.29) is 12.2 Å². The van der Waals surface area contributed by atoms with Gasteiger partial charge in [0, 0.05) is 24.8 Å². The van der Waals surface area contributed by atoms with Crippen molar-refractivity contribution in [2.24, 2.45) is 5.41 Å². The molecule has 3 rings (SSSR count). The van der Waals surface area contributed by atoms with E-state index in [0.29, 0.717) is 25.1 Å². The van der Waals surface area contributed by atoms with Crippen LogP contribution in [0.1, 0.15) is 35.9 Å². The summed E-state index contributed by atoms with van der Waals surface area (Å²) >= 11 is 0. The molecule has 1 aliphatic heterocycles. The Bertz CT molecular complexity index is 907. The van der Waals surface area contributed by atoms with Crippen molar-refractivity contribution in [3.05, 3.63) is 58.0 Å². The zero-order valence-corrected chi connectivity index (χ0v) is 14.8. The number of benzene rings is 1. The van der Waals surface area contributed by atoms with E-state index >= 15 is 0 Å². The van der Waals surface area contributed by atoms with Gasteiger partial charge in [-0.25, -0.2) is 4.68 Å². The van der Waals surface area contributed by atoms with Crippen molar-refractivity contribution in [3.63, 3.8) is 0 Å². The lowest BCUT2D eigenvalue weighted by Gasteiger charge is -2.37. The average molecular weight is 355 g/mol. The highest BCUT2D eigenvalue weighted by Gasteiger charge is 2.40. The zero-order valence-electron chi connectivity index (χ0n) is 14.8. The monoisotopic (exact) mass is 355 g/mol. The number of rotatable bonds is 3. The molecule has 1 aliphatic rings. The number of carbonyl (C=O) groups is 2. The van der Waals surface area contributed by atoms with Gasteiger partial charge in [0.05, 0.1) is 11.1 Å². The number of likely N-dealkylation sites (tertiary alicyclic amines) is 1. The number of aryl methyl sites for hydroxylation is 1. The number of nitrogens with zero attached hydrogens (tertiary/aromatic N) is 3. The molecule has 0 aliphatic carbocycles. The summed E-state index contributed by atoms with van der Waals surface area (Å²) in [5.41, 5.74) is -0.284. The molecule has 26 heavy (non-hydrogen) atoms. The second-order valence-electron chi connectivity index (χ2n) is 6.94. The van der Waals surface area contributed by atoms with Crippen LogP contribution in [-0.4, -0.2) is 44.8 Å². The molecule has 0 bridgehead atoms. The number of carboxylic acid groups (broad SMARTS) is 1. The van der Waals surface area contributed by atoms with Crippen LogP contribution < -0.4 is 5.43 Å². The van der Waals surface area contributed by atoms with Gasteiger partial charge in [-0.15, -0.1) is 0 Å².